The van der Waals surface area contributed by atoms with Crippen LogP contribution in [0.25, 0.3) is 10.9 Å². The monoisotopic (exact) mass is 321 g/mol. The van der Waals surface area contributed by atoms with Crippen LogP contribution in [0.2, 0.25) is 6.32 Å². The number of hydrogen-bond donors (Lipinski definition) is 0. The molecule has 5 heteroatoms. The van der Waals surface area contributed by atoms with Crippen molar-refractivity contribution in [2.45, 2.75) is 65.0 Å². The van der Waals surface area contributed by atoms with Crippen molar-refractivity contribution in [2.24, 2.45) is 7.05 Å². The summed E-state index contributed by atoms with van der Waals surface area (Å²) in [6.45, 7) is 9.34. The Morgan fingerprint density at radius 2 is 1.67 bits per heavy atom. The molecule has 0 radical (unpaired) electrons. The first-order chi connectivity index (χ1) is 10.7. The maximum Gasteiger partial charge on any atom is 1.00 e. The first-order valence-electron chi connectivity index (χ1n) is 8.82. The van der Waals surface area contributed by atoms with E-state index in [9.17, 15) is 0 Å². The minimum absolute atomic E-state index is 0. The second-order valence-corrected chi connectivity index (χ2v) is 8.01. The van der Waals surface area contributed by atoms with Crippen molar-refractivity contribution in [3.8, 4) is 0 Å². The Balaban J connectivity index is 0.00000208. The number of aryl methyl sites for hydroxylation is 1. The summed E-state index contributed by atoms with van der Waals surface area (Å²) in [5.74, 6) is 0. The Morgan fingerprint density at radius 3 is 2.25 bits per heavy atom. The van der Waals surface area contributed by atoms with E-state index in [1.807, 2.05) is 0 Å². The van der Waals surface area contributed by atoms with Gasteiger partial charge in [0.05, 0.1) is 0 Å². The van der Waals surface area contributed by atoms with Gasteiger partial charge in [0, 0.05) is 30.0 Å². The summed E-state index contributed by atoms with van der Waals surface area (Å²) in [6.07, 6.45) is 5.30. The predicted octanol–water partition coefficient (Wildman–Crippen LogP) is 1.24. The van der Waals surface area contributed by atoms with E-state index >= 15 is 0 Å². The molecule has 1 aliphatic rings. The number of aromatic nitrogens is 1. The maximum absolute atomic E-state index is 6.64. The van der Waals surface area contributed by atoms with Crippen molar-refractivity contribution in [1.29, 1.82) is 0 Å². The van der Waals surface area contributed by atoms with Gasteiger partial charge in [0.2, 0.25) is 0 Å². The fourth-order valence-electron chi connectivity index (χ4n) is 3.71. The van der Waals surface area contributed by atoms with Crippen LogP contribution in [0.4, 0.5) is 0 Å². The SMILES string of the molecule is CCCC[B-]1(c2ccc3ccn(C)c3c2)OC(C)(C)C(C)(C)O1.[Li+]. The van der Waals surface area contributed by atoms with E-state index in [0.29, 0.717) is 0 Å². The van der Waals surface area contributed by atoms with Gasteiger partial charge in [-0.3, -0.25) is 0 Å². The molecule has 3 rings (SSSR count). The molecule has 3 nitrogen and oxygen atoms in total. The molecule has 1 aromatic heterocycles. The van der Waals surface area contributed by atoms with Gasteiger partial charge in [0.15, 0.2) is 0 Å². The van der Waals surface area contributed by atoms with Crippen LogP contribution in [0.15, 0.2) is 30.5 Å². The molecular weight excluding hydrogens is 292 g/mol. The van der Waals surface area contributed by atoms with Gasteiger partial charge in [0.25, 0.3) is 6.55 Å². The van der Waals surface area contributed by atoms with E-state index in [4.69, 9.17) is 9.31 Å². The summed E-state index contributed by atoms with van der Waals surface area (Å²) in [5.41, 5.74) is 1.81. The Morgan fingerprint density at radius 1 is 1.04 bits per heavy atom. The van der Waals surface area contributed by atoms with Crippen LogP contribution in [0.1, 0.15) is 47.5 Å². The molecule has 0 atom stereocenters. The van der Waals surface area contributed by atoms with Crippen LogP contribution in [-0.4, -0.2) is 22.3 Å². The van der Waals surface area contributed by atoms with Gasteiger partial charge in [-0.25, -0.2) is 0 Å². The average molecular weight is 321 g/mol. The van der Waals surface area contributed by atoms with Gasteiger partial charge >= 0.3 is 18.9 Å². The molecule has 2 aromatic rings. The number of unbranched alkanes of at least 4 members (excludes halogenated alkanes) is 1. The van der Waals surface area contributed by atoms with Crippen LogP contribution in [0, 0.1) is 0 Å². The Bertz CT molecular complexity index is 707. The second-order valence-electron chi connectivity index (χ2n) is 8.01. The largest absolute Gasteiger partial charge is 1.00 e. The van der Waals surface area contributed by atoms with E-state index in [-0.39, 0.29) is 30.1 Å². The smallest absolute Gasteiger partial charge is 0.558 e. The third-order valence-corrected chi connectivity index (χ3v) is 5.78. The minimum atomic E-state index is -1.45. The zero-order valence-electron chi connectivity index (χ0n) is 16.3. The summed E-state index contributed by atoms with van der Waals surface area (Å²) in [4.78, 5) is 0. The molecule has 24 heavy (non-hydrogen) atoms. The van der Waals surface area contributed by atoms with E-state index in [2.05, 4.69) is 76.7 Å². The van der Waals surface area contributed by atoms with Gasteiger partial charge in [-0.1, -0.05) is 38.0 Å². The molecule has 126 valence electrons. The molecular formula is C19H29BLiNO2. The molecule has 1 fully saturated rings. The molecule has 2 heterocycles. The van der Waals surface area contributed by atoms with Crippen LogP contribution in [-0.2, 0) is 16.4 Å². The standard InChI is InChI=1S/C19H29BNO2.Li/c1-7-8-12-20(22-18(2,3)19(4,5)23-20)16-10-9-15-11-13-21(6)17(15)14-16;/h9-11,13-14H,7-8,12H2,1-6H3;/q-1;+1. The van der Waals surface area contributed by atoms with Crippen molar-refractivity contribution in [3.05, 3.63) is 30.5 Å². The maximum atomic E-state index is 6.64. The molecule has 0 bridgehead atoms. The van der Waals surface area contributed by atoms with Crippen molar-refractivity contribution in [2.75, 3.05) is 0 Å². The minimum Gasteiger partial charge on any atom is -0.558 e. The Hall–Kier alpha value is -0.658. The fraction of sp³-hybridized carbons (Fsp3) is 0.579. The van der Waals surface area contributed by atoms with E-state index in [0.717, 1.165) is 19.2 Å². The summed E-state index contributed by atoms with van der Waals surface area (Å²) in [5, 5.41) is 1.26. The van der Waals surface area contributed by atoms with E-state index in [1.165, 1.54) is 16.4 Å². The zero-order valence-corrected chi connectivity index (χ0v) is 16.3. The number of benzene rings is 1. The molecule has 0 spiro atoms. The van der Waals surface area contributed by atoms with Gasteiger partial charge in [-0.05, 0) is 39.1 Å². The van der Waals surface area contributed by atoms with Crippen molar-refractivity contribution >= 4 is 22.9 Å². The number of hydrogen-bond acceptors (Lipinski definition) is 2. The summed E-state index contributed by atoms with van der Waals surface area (Å²) in [6, 6.07) is 8.78. The van der Waals surface area contributed by atoms with Crippen molar-refractivity contribution in [3.63, 3.8) is 0 Å². The number of fused-ring (bicyclic) bond motifs is 1. The number of nitrogens with zero attached hydrogens (tertiary/aromatic N) is 1. The van der Waals surface area contributed by atoms with Gasteiger partial charge in [-0.2, -0.15) is 5.46 Å². The fourth-order valence-corrected chi connectivity index (χ4v) is 3.71. The first-order valence-corrected chi connectivity index (χ1v) is 8.82. The predicted molar refractivity (Wildman–Crippen MR) is 98.4 cm³/mol. The molecule has 0 aliphatic carbocycles. The number of rotatable bonds is 4. The Kier molecular flexibility index (Phi) is 5.39. The summed E-state index contributed by atoms with van der Waals surface area (Å²) < 4.78 is 15.4. The zero-order chi connectivity index (χ0) is 16.9. The van der Waals surface area contributed by atoms with Crippen LogP contribution >= 0.6 is 0 Å². The Labute approximate surface area is 158 Å². The third kappa shape index (κ3) is 3.10. The van der Waals surface area contributed by atoms with Crippen LogP contribution < -0.4 is 24.3 Å². The van der Waals surface area contributed by atoms with Crippen molar-refractivity contribution < 1.29 is 28.2 Å². The topological polar surface area (TPSA) is 23.4 Å². The second kappa shape index (κ2) is 6.57. The molecule has 0 N–H and O–H groups in total. The summed E-state index contributed by atoms with van der Waals surface area (Å²) in [7, 11) is 2.09. The van der Waals surface area contributed by atoms with Crippen LogP contribution in [0.5, 0.6) is 0 Å². The van der Waals surface area contributed by atoms with Gasteiger partial charge in [0.1, 0.15) is 0 Å². The first kappa shape index (κ1) is 19.7. The average Bonchev–Trinajstić information content (AvgIpc) is 2.93. The van der Waals surface area contributed by atoms with Crippen LogP contribution in [0.3, 0.4) is 0 Å². The van der Waals surface area contributed by atoms with Gasteiger partial charge < -0.3 is 13.9 Å². The van der Waals surface area contributed by atoms with Gasteiger partial charge in [-0.15, -0.1) is 6.32 Å². The molecule has 1 aliphatic heterocycles. The molecule has 0 unspecified atom stereocenters. The van der Waals surface area contributed by atoms with E-state index < -0.39 is 6.55 Å². The molecule has 1 aromatic carbocycles. The normalized spacial score (nSPS) is 20.9. The molecule has 0 saturated carbocycles. The summed E-state index contributed by atoms with van der Waals surface area (Å²) >= 11 is 0. The van der Waals surface area contributed by atoms with E-state index in [1.54, 1.807) is 0 Å². The quantitative estimate of drug-likeness (QED) is 0.791. The third-order valence-electron chi connectivity index (χ3n) is 5.78. The molecule has 0 amide bonds. The van der Waals surface area contributed by atoms with Crippen molar-refractivity contribution in [1.82, 2.24) is 4.57 Å². The molecule has 1 saturated heterocycles.